The Morgan fingerprint density at radius 2 is 0.838 bits per heavy atom. The summed E-state index contributed by atoms with van der Waals surface area (Å²) in [5.74, 6) is -0.904. The maximum atomic E-state index is 12.7. The van der Waals surface area contributed by atoms with E-state index in [0.29, 0.717) is 23.9 Å². The van der Waals surface area contributed by atoms with Gasteiger partial charge in [-0.1, -0.05) is 180 Å². The molecule has 0 radical (unpaired) electrons. The molecule has 10 heteroatoms. The Bertz CT molecular complexity index is 1610. The molecule has 384 valence electrons. The van der Waals surface area contributed by atoms with Gasteiger partial charge < -0.3 is 27.9 Å². The Labute approximate surface area is 415 Å². The van der Waals surface area contributed by atoms with E-state index in [1.807, 2.05) is 21.1 Å². The summed E-state index contributed by atoms with van der Waals surface area (Å²) in [6, 6.07) is 0. The molecule has 0 heterocycles. The van der Waals surface area contributed by atoms with Crippen molar-refractivity contribution >= 4 is 19.8 Å². The van der Waals surface area contributed by atoms with Gasteiger partial charge in [0.05, 0.1) is 27.7 Å². The minimum Gasteiger partial charge on any atom is -0.756 e. The Balaban J connectivity index is 4.33. The molecule has 2 unspecified atom stereocenters. The number of esters is 2. The number of likely N-dealkylation sites (N-methyl/N-ethyl adjacent to an activating group) is 1. The molecule has 0 saturated heterocycles. The molecule has 0 fully saturated rings. The number of ether oxygens (including phenoxy) is 2. The summed E-state index contributed by atoms with van der Waals surface area (Å²) in [5, 5.41) is 0. The van der Waals surface area contributed by atoms with Gasteiger partial charge in [-0.25, -0.2) is 0 Å². The average Bonchev–Trinajstić information content (AvgIpc) is 3.30. The molecule has 0 spiro atoms. The molecule has 0 aliphatic carbocycles. The fourth-order valence-corrected chi connectivity index (χ4v) is 6.88. The lowest BCUT2D eigenvalue weighted by atomic mass is 10.1. The third-order valence-electron chi connectivity index (χ3n) is 10.1. The number of quaternary nitrogens is 1. The van der Waals surface area contributed by atoms with Crippen LogP contribution in [0.5, 0.6) is 0 Å². The van der Waals surface area contributed by atoms with E-state index in [1.165, 1.54) is 6.42 Å². The molecule has 0 bridgehead atoms. The van der Waals surface area contributed by atoms with Crippen molar-refractivity contribution in [1.82, 2.24) is 0 Å². The first-order chi connectivity index (χ1) is 33.0. The SMILES string of the molecule is CC/C=C\C/C=C\C/C=C\C/C=C\C/C=C\C/C=C\C/C=C\C/C=C\C/C=C\CCCCCC(=O)OC(COC(=O)CCCCCCC/C=C\C/C=C\CCC)COP(=O)([O-])OCC[N+](C)(C)C. The van der Waals surface area contributed by atoms with E-state index in [-0.39, 0.29) is 26.1 Å². The van der Waals surface area contributed by atoms with Gasteiger partial charge in [-0.2, -0.15) is 0 Å². The van der Waals surface area contributed by atoms with Crippen LogP contribution in [-0.2, 0) is 32.7 Å². The van der Waals surface area contributed by atoms with Crippen molar-refractivity contribution in [3.8, 4) is 0 Å². The van der Waals surface area contributed by atoms with E-state index in [2.05, 4.69) is 148 Å². The summed E-state index contributed by atoms with van der Waals surface area (Å²) in [5.41, 5.74) is 0. The first kappa shape index (κ1) is 64.2. The van der Waals surface area contributed by atoms with E-state index >= 15 is 0 Å². The maximum Gasteiger partial charge on any atom is 0.306 e. The molecular formula is C58H94NO8P. The highest BCUT2D eigenvalue weighted by Crippen LogP contribution is 2.38. The summed E-state index contributed by atoms with van der Waals surface area (Å²) in [4.78, 5) is 37.7. The molecular weight excluding hydrogens is 870 g/mol. The summed E-state index contributed by atoms with van der Waals surface area (Å²) < 4.78 is 33.9. The van der Waals surface area contributed by atoms with Gasteiger partial charge in [-0.3, -0.25) is 14.2 Å². The number of carbonyl (C=O) groups is 2. The van der Waals surface area contributed by atoms with Crippen molar-refractivity contribution in [2.24, 2.45) is 0 Å². The van der Waals surface area contributed by atoms with Crippen LogP contribution in [-0.4, -0.2) is 70.0 Å². The smallest absolute Gasteiger partial charge is 0.306 e. The number of phosphoric ester groups is 1. The Morgan fingerprint density at radius 3 is 1.26 bits per heavy atom. The third kappa shape index (κ3) is 51.5. The number of carbonyl (C=O) groups excluding carboxylic acids is 2. The van der Waals surface area contributed by atoms with Crippen LogP contribution in [0.4, 0.5) is 0 Å². The standard InChI is InChI=1S/C58H94NO8P/c1-6-8-10-12-14-16-18-20-21-22-23-24-25-26-27-28-29-30-31-32-33-34-35-36-37-39-41-43-45-47-49-51-58(61)67-56(55-66-68(62,63)65-53-52-59(3,4)5)54-64-57(60)50-48-46-44-42-40-38-19-17-15-13-11-9-7-2/h8,10-11,13-14,16-17,19-21,23-24,26-27,29-30,32-33,35-36,39,41,56H,6-7,9,12,15,18,22,25,28,31,34,37-38,40,42-55H2,1-5H3/b10-8-,13-11-,16-14-,19-17-,21-20-,24-23-,27-26-,30-29-,33-32-,36-35-,41-39-. The molecule has 0 amide bonds. The van der Waals surface area contributed by atoms with Crippen LogP contribution in [0.25, 0.3) is 0 Å². The topological polar surface area (TPSA) is 111 Å². The Hall–Kier alpha value is -3.85. The zero-order chi connectivity index (χ0) is 49.9. The lowest BCUT2D eigenvalue weighted by molar-refractivity contribution is -0.870. The molecule has 0 aromatic rings. The number of phosphoric acid groups is 1. The van der Waals surface area contributed by atoms with Crippen LogP contribution in [0.3, 0.4) is 0 Å². The summed E-state index contributed by atoms with van der Waals surface area (Å²) in [6.07, 6.45) is 69.2. The predicted molar refractivity (Wildman–Crippen MR) is 286 cm³/mol. The fraction of sp³-hybridized carbons (Fsp3) is 0.586. The zero-order valence-electron chi connectivity index (χ0n) is 43.2. The Morgan fingerprint density at radius 1 is 0.471 bits per heavy atom. The number of rotatable bonds is 45. The molecule has 0 N–H and O–H groups in total. The van der Waals surface area contributed by atoms with Crippen LogP contribution in [0, 0.1) is 0 Å². The van der Waals surface area contributed by atoms with E-state index < -0.39 is 32.5 Å². The van der Waals surface area contributed by atoms with Crippen molar-refractivity contribution in [3.63, 3.8) is 0 Å². The number of allylic oxidation sites excluding steroid dienone is 22. The molecule has 9 nitrogen and oxygen atoms in total. The minimum absolute atomic E-state index is 0.0481. The molecule has 0 aliphatic rings. The van der Waals surface area contributed by atoms with Gasteiger partial charge in [-0.15, -0.1) is 0 Å². The molecule has 2 atom stereocenters. The second-order valence-electron chi connectivity index (χ2n) is 17.8. The quantitative estimate of drug-likeness (QED) is 0.0195. The minimum atomic E-state index is -4.65. The van der Waals surface area contributed by atoms with Crippen molar-refractivity contribution in [3.05, 3.63) is 134 Å². The molecule has 68 heavy (non-hydrogen) atoms. The first-order valence-electron chi connectivity index (χ1n) is 25.9. The number of hydrogen-bond acceptors (Lipinski definition) is 8. The lowest BCUT2D eigenvalue weighted by Crippen LogP contribution is -2.37. The molecule has 0 aromatic heterocycles. The van der Waals surface area contributed by atoms with Gasteiger partial charge >= 0.3 is 11.9 Å². The summed E-state index contributed by atoms with van der Waals surface area (Å²) >= 11 is 0. The van der Waals surface area contributed by atoms with Gasteiger partial charge in [0.1, 0.15) is 19.8 Å². The van der Waals surface area contributed by atoms with Gasteiger partial charge in [0.15, 0.2) is 6.10 Å². The lowest BCUT2D eigenvalue weighted by Gasteiger charge is -2.28. The Kier molecular flexibility index (Phi) is 45.5. The van der Waals surface area contributed by atoms with Crippen molar-refractivity contribution in [2.45, 2.75) is 174 Å². The first-order valence-corrected chi connectivity index (χ1v) is 27.4. The van der Waals surface area contributed by atoms with Crippen LogP contribution >= 0.6 is 7.82 Å². The van der Waals surface area contributed by atoms with Gasteiger partial charge in [0, 0.05) is 12.8 Å². The summed E-state index contributed by atoms with van der Waals surface area (Å²) in [7, 11) is 1.11. The van der Waals surface area contributed by atoms with Crippen molar-refractivity contribution < 1.29 is 42.1 Å². The fourth-order valence-electron chi connectivity index (χ4n) is 6.15. The van der Waals surface area contributed by atoms with Crippen molar-refractivity contribution in [1.29, 1.82) is 0 Å². The third-order valence-corrected chi connectivity index (χ3v) is 11.1. The molecule has 0 aliphatic heterocycles. The highest BCUT2D eigenvalue weighted by atomic mass is 31.2. The van der Waals surface area contributed by atoms with E-state index in [1.54, 1.807) is 0 Å². The van der Waals surface area contributed by atoms with Crippen LogP contribution in [0.1, 0.15) is 168 Å². The summed E-state index contributed by atoms with van der Waals surface area (Å²) in [6.45, 7) is 3.96. The van der Waals surface area contributed by atoms with Gasteiger partial charge in [0.25, 0.3) is 7.82 Å². The van der Waals surface area contributed by atoms with Crippen LogP contribution in [0.15, 0.2) is 134 Å². The van der Waals surface area contributed by atoms with Crippen molar-refractivity contribution in [2.75, 3.05) is 47.5 Å². The zero-order valence-corrected chi connectivity index (χ0v) is 44.1. The molecule has 0 aromatic carbocycles. The second kappa shape index (κ2) is 48.2. The average molecular weight is 964 g/mol. The van der Waals surface area contributed by atoms with E-state index in [9.17, 15) is 19.0 Å². The van der Waals surface area contributed by atoms with E-state index in [0.717, 1.165) is 122 Å². The largest absolute Gasteiger partial charge is 0.756 e. The second-order valence-corrected chi connectivity index (χ2v) is 19.2. The van der Waals surface area contributed by atoms with Gasteiger partial charge in [-0.05, 0) is 109 Å². The number of nitrogens with zero attached hydrogens (tertiary/aromatic N) is 1. The highest BCUT2D eigenvalue weighted by molar-refractivity contribution is 7.45. The monoisotopic (exact) mass is 964 g/mol. The maximum absolute atomic E-state index is 12.7. The number of unbranched alkanes of at least 4 members (excludes halogenated alkanes) is 9. The normalized spacial score (nSPS) is 14.5. The van der Waals surface area contributed by atoms with Gasteiger partial charge in [0.2, 0.25) is 0 Å². The van der Waals surface area contributed by atoms with Crippen LogP contribution in [0.2, 0.25) is 0 Å². The predicted octanol–water partition coefficient (Wildman–Crippen LogP) is 15.2. The molecule has 0 rings (SSSR count). The number of hydrogen-bond donors (Lipinski definition) is 0. The van der Waals surface area contributed by atoms with E-state index in [4.69, 9.17) is 18.5 Å². The molecule has 0 saturated carbocycles. The van der Waals surface area contributed by atoms with Crippen LogP contribution < -0.4 is 4.89 Å². The highest BCUT2D eigenvalue weighted by Gasteiger charge is 2.21.